The van der Waals surface area contributed by atoms with Crippen LogP contribution in [0.2, 0.25) is 10.0 Å². The second kappa shape index (κ2) is 8.45. The Labute approximate surface area is 179 Å². The highest BCUT2D eigenvalue weighted by atomic mass is 35.5. The van der Waals surface area contributed by atoms with E-state index < -0.39 is 10.0 Å². The molecule has 1 N–H and O–H groups in total. The Morgan fingerprint density at radius 3 is 2.28 bits per heavy atom. The number of anilines is 2. The minimum atomic E-state index is -3.81. The first-order valence-electron chi connectivity index (χ1n) is 8.60. The number of rotatable bonds is 5. The van der Waals surface area contributed by atoms with Crippen LogP contribution in [-0.2, 0) is 10.0 Å². The van der Waals surface area contributed by atoms with E-state index in [9.17, 15) is 13.2 Å². The Balaban J connectivity index is 1.92. The number of hydrogen-bond acceptors (Lipinski definition) is 3. The predicted octanol–water partition coefficient (Wildman–Crippen LogP) is 5.38. The number of hydrogen-bond donors (Lipinski definition) is 1. The number of benzene rings is 3. The highest BCUT2D eigenvalue weighted by Crippen LogP contribution is 2.27. The van der Waals surface area contributed by atoms with Crippen molar-refractivity contribution in [3.63, 3.8) is 0 Å². The van der Waals surface area contributed by atoms with Crippen LogP contribution in [0.1, 0.15) is 15.9 Å². The van der Waals surface area contributed by atoms with Crippen LogP contribution in [0.3, 0.4) is 0 Å². The van der Waals surface area contributed by atoms with Crippen molar-refractivity contribution in [2.75, 3.05) is 16.7 Å². The van der Waals surface area contributed by atoms with Gasteiger partial charge in [-0.05, 0) is 67.1 Å². The molecule has 0 fully saturated rings. The largest absolute Gasteiger partial charge is 0.322 e. The van der Waals surface area contributed by atoms with Gasteiger partial charge in [0.1, 0.15) is 0 Å². The minimum Gasteiger partial charge on any atom is -0.322 e. The molecule has 0 spiro atoms. The van der Waals surface area contributed by atoms with Crippen molar-refractivity contribution in [1.29, 1.82) is 0 Å². The third-order valence-corrected chi connectivity index (χ3v) is 6.64. The highest BCUT2D eigenvalue weighted by molar-refractivity contribution is 7.92. The number of amides is 1. The van der Waals surface area contributed by atoms with E-state index in [4.69, 9.17) is 23.2 Å². The molecule has 0 aromatic heterocycles. The third kappa shape index (κ3) is 4.72. The molecule has 3 aromatic rings. The molecule has 5 nitrogen and oxygen atoms in total. The van der Waals surface area contributed by atoms with Gasteiger partial charge in [-0.1, -0.05) is 35.3 Å². The lowest BCUT2D eigenvalue weighted by Crippen LogP contribution is -2.27. The van der Waals surface area contributed by atoms with Gasteiger partial charge in [0.2, 0.25) is 0 Å². The number of halogens is 2. The van der Waals surface area contributed by atoms with E-state index in [1.54, 1.807) is 49.4 Å². The number of carbonyl (C=O) groups is 1. The smallest absolute Gasteiger partial charge is 0.264 e. The topological polar surface area (TPSA) is 66.5 Å². The van der Waals surface area contributed by atoms with E-state index in [0.717, 1.165) is 4.31 Å². The van der Waals surface area contributed by atoms with Gasteiger partial charge in [-0.2, -0.15) is 0 Å². The molecule has 0 aliphatic carbocycles. The fourth-order valence-electron chi connectivity index (χ4n) is 2.75. The molecule has 3 rings (SSSR count). The van der Waals surface area contributed by atoms with Gasteiger partial charge < -0.3 is 5.32 Å². The summed E-state index contributed by atoms with van der Waals surface area (Å²) >= 11 is 11.8. The summed E-state index contributed by atoms with van der Waals surface area (Å²) in [5.74, 6) is -0.370. The van der Waals surface area contributed by atoms with E-state index in [0.29, 0.717) is 32.5 Å². The average molecular weight is 449 g/mol. The molecule has 3 aromatic carbocycles. The molecule has 0 aliphatic heterocycles. The summed E-state index contributed by atoms with van der Waals surface area (Å²) in [6.07, 6.45) is 0. The first kappa shape index (κ1) is 21.2. The van der Waals surface area contributed by atoms with Gasteiger partial charge in [-0.15, -0.1) is 0 Å². The molecule has 0 unspecified atom stereocenters. The van der Waals surface area contributed by atoms with Crippen molar-refractivity contribution in [3.05, 3.63) is 87.9 Å². The number of nitrogens with one attached hydrogen (secondary N) is 1. The number of sulfonamides is 1. The average Bonchev–Trinajstić information content (AvgIpc) is 2.68. The van der Waals surface area contributed by atoms with Crippen LogP contribution >= 0.6 is 23.2 Å². The predicted molar refractivity (Wildman–Crippen MR) is 118 cm³/mol. The van der Waals surface area contributed by atoms with Crippen LogP contribution in [0.15, 0.2) is 71.6 Å². The normalized spacial score (nSPS) is 11.2. The Morgan fingerprint density at radius 2 is 1.62 bits per heavy atom. The zero-order valence-electron chi connectivity index (χ0n) is 15.7. The van der Waals surface area contributed by atoms with Crippen LogP contribution < -0.4 is 9.62 Å². The third-order valence-electron chi connectivity index (χ3n) is 4.37. The van der Waals surface area contributed by atoms with E-state index in [2.05, 4.69) is 5.32 Å². The molecular formula is C21H18Cl2N2O3S. The maximum atomic E-state index is 13.0. The zero-order chi connectivity index (χ0) is 21.2. The summed E-state index contributed by atoms with van der Waals surface area (Å²) in [5, 5.41) is 3.70. The van der Waals surface area contributed by atoms with Gasteiger partial charge in [0.15, 0.2) is 0 Å². The number of aryl methyl sites for hydroxylation is 1. The minimum absolute atomic E-state index is 0.109. The summed E-state index contributed by atoms with van der Waals surface area (Å²) in [4.78, 5) is 12.7. The molecule has 0 atom stereocenters. The Kier molecular flexibility index (Phi) is 6.17. The molecule has 0 saturated carbocycles. The van der Waals surface area contributed by atoms with E-state index in [-0.39, 0.29) is 10.8 Å². The van der Waals surface area contributed by atoms with Crippen LogP contribution in [0.5, 0.6) is 0 Å². The van der Waals surface area contributed by atoms with Crippen LogP contribution in [0.25, 0.3) is 0 Å². The lowest BCUT2D eigenvalue weighted by molar-refractivity contribution is 0.102. The zero-order valence-corrected chi connectivity index (χ0v) is 18.0. The van der Waals surface area contributed by atoms with Crippen LogP contribution in [0.4, 0.5) is 11.4 Å². The lowest BCUT2D eigenvalue weighted by Gasteiger charge is -2.22. The maximum Gasteiger partial charge on any atom is 0.264 e. The second-order valence-electron chi connectivity index (χ2n) is 6.39. The van der Waals surface area contributed by atoms with Crippen LogP contribution in [0, 0.1) is 6.92 Å². The van der Waals surface area contributed by atoms with Gasteiger partial charge >= 0.3 is 0 Å². The molecule has 150 valence electrons. The van der Waals surface area contributed by atoms with Crippen molar-refractivity contribution >= 4 is 50.5 Å². The molecule has 0 aliphatic rings. The Bertz CT molecular complexity index is 1160. The molecule has 0 bridgehead atoms. The van der Waals surface area contributed by atoms with Gasteiger partial charge in [0, 0.05) is 28.3 Å². The van der Waals surface area contributed by atoms with E-state index >= 15 is 0 Å². The van der Waals surface area contributed by atoms with E-state index in [1.165, 1.54) is 31.3 Å². The van der Waals surface area contributed by atoms with Crippen molar-refractivity contribution in [3.8, 4) is 0 Å². The maximum absolute atomic E-state index is 13.0. The van der Waals surface area contributed by atoms with Crippen molar-refractivity contribution in [2.24, 2.45) is 0 Å². The molecule has 1 amide bonds. The van der Waals surface area contributed by atoms with Crippen molar-refractivity contribution < 1.29 is 13.2 Å². The SMILES string of the molecule is Cc1ccc(C(=O)Nc2cccc(Cl)c2)cc1N(C)S(=O)(=O)c1ccc(Cl)cc1. The molecule has 0 radical (unpaired) electrons. The standard InChI is InChI=1S/C21H18Cl2N2O3S/c1-14-6-7-15(21(26)24-18-5-3-4-17(23)13-18)12-20(14)25(2)29(27,28)19-10-8-16(22)9-11-19/h3-13H,1-2H3,(H,24,26). The summed E-state index contributed by atoms with van der Waals surface area (Å²) < 4.78 is 27.1. The van der Waals surface area contributed by atoms with Gasteiger partial charge in [-0.25, -0.2) is 8.42 Å². The highest BCUT2D eigenvalue weighted by Gasteiger charge is 2.23. The summed E-state index contributed by atoms with van der Waals surface area (Å²) in [7, 11) is -2.36. The lowest BCUT2D eigenvalue weighted by atomic mass is 10.1. The van der Waals surface area contributed by atoms with Crippen LogP contribution in [-0.4, -0.2) is 21.4 Å². The number of carbonyl (C=O) groups excluding carboxylic acids is 1. The van der Waals surface area contributed by atoms with Gasteiger partial charge in [0.25, 0.3) is 15.9 Å². The molecule has 29 heavy (non-hydrogen) atoms. The fourth-order valence-corrected chi connectivity index (χ4v) is 4.32. The fraction of sp³-hybridized carbons (Fsp3) is 0.0952. The molecular weight excluding hydrogens is 431 g/mol. The first-order valence-corrected chi connectivity index (χ1v) is 10.8. The van der Waals surface area contributed by atoms with Gasteiger partial charge in [0.05, 0.1) is 10.6 Å². The van der Waals surface area contributed by atoms with Crippen molar-refractivity contribution in [2.45, 2.75) is 11.8 Å². The van der Waals surface area contributed by atoms with E-state index in [1.807, 2.05) is 0 Å². The van der Waals surface area contributed by atoms with Crippen molar-refractivity contribution in [1.82, 2.24) is 0 Å². The summed E-state index contributed by atoms with van der Waals surface area (Å²) in [5.41, 5.74) is 1.98. The monoisotopic (exact) mass is 448 g/mol. The van der Waals surface area contributed by atoms with Gasteiger partial charge in [-0.3, -0.25) is 9.10 Å². The molecule has 0 heterocycles. The molecule has 8 heteroatoms. The summed E-state index contributed by atoms with van der Waals surface area (Å²) in [6.45, 7) is 1.78. The second-order valence-corrected chi connectivity index (χ2v) is 9.23. The Morgan fingerprint density at radius 1 is 0.931 bits per heavy atom. The molecule has 0 saturated heterocycles. The first-order chi connectivity index (χ1) is 13.7. The summed E-state index contributed by atoms with van der Waals surface area (Å²) in [6, 6.07) is 17.6. The Hall–Kier alpha value is -2.54. The number of nitrogens with zero attached hydrogens (tertiary/aromatic N) is 1. The quantitative estimate of drug-likeness (QED) is 0.569.